The number of carbonyl (C=O) groups excluding carboxylic acids is 1. The Labute approximate surface area is 91.3 Å². The zero-order valence-corrected chi connectivity index (χ0v) is 10.2. The third-order valence-electron chi connectivity index (χ3n) is 2.92. The number of carbonyl (C=O) groups is 2. The van der Waals surface area contributed by atoms with E-state index in [0.29, 0.717) is 12.8 Å². The van der Waals surface area contributed by atoms with E-state index in [0.717, 1.165) is 0 Å². The summed E-state index contributed by atoms with van der Waals surface area (Å²) in [5.74, 6) is -1.06. The van der Waals surface area contributed by atoms with Gasteiger partial charge in [0, 0.05) is 12.5 Å². The SMILES string of the molecule is CCC(C(=O)O)N(C)C(=O)C(C)(C)CC. The normalized spacial score (nSPS) is 13.4. The molecule has 0 aromatic heterocycles. The summed E-state index contributed by atoms with van der Waals surface area (Å²) in [6.45, 7) is 7.36. The fraction of sp³-hybridized carbons (Fsp3) is 0.818. The molecule has 0 radical (unpaired) electrons. The number of aliphatic carboxylic acids is 1. The van der Waals surface area contributed by atoms with E-state index in [-0.39, 0.29) is 5.91 Å². The number of hydrogen-bond acceptors (Lipinski definition) is 2. The van der Waals surface area contributed by atoms with Gasteiger partial charge in [0.05, 0.1) is 0 Å². The topological polar surface area (TPSA) is 57.6 Å². The van der Waals surface area contributed by atoms with E-state index in [9.17, 15) is 9.59 Å². The maximum Gasteiger partial charge on any atom is 0.326 e. The van der Waals surface area contributed by atoms with Crippen LogP contribution >= 0.6 is 0 Å². The van der Waals surface area contributed by atoms with Gasteiger partial charge in [0.15, 0.2) is 0 Å². The minimum Gasteiger partial charge on any atom is -0.480 e. The highest BCUT2D eigenvalue weighted by atomic mass is 16.4. The predicted octanol–water partition coefficient (Wildman–Crippen LogP) is 1.74. The minimum atomic E-state index is -0.944. The Balaban J connectivity index is 4.77. The second kappa shape index (κ2) is 5.14. The average Bonchev–Trinajstić information content (AvgIpc) is 2.16. The van der Waals surface area contributed by atoms with E-state index in [4.69, 9.17) is 5.11 Å². The van der Waals surface area contributed by atoms with Crippen molar-refractivity contribution < 1.29 is 14.7 Å². The van der Waals surface area contributed by atoms with Gasteiger partial charge < -0.3 is 10.0 Å². The van der Waals surface area contributed by atoms with Gasteiger partial charge in [-0.2, -0.15) is 0 Å². The molecule has 0 aliphatic heterocycles. The molecule has 0 aliphatic rings. The van der Waals surface area contributed by atoms with Crippen LogP contribution in [-0.4, -0.2) is 35.0 Å². The molecule has 1 amide bonds. The summed E-state index contributed by atoms with van der Waals surface area (Å²) in [5, 5.41) is 8.94. The first-order valence-electron chi connectivity index (χ1n) is 5.28. The second-order valence-electron chi connectivity index (χ2n) is 4.42. The molecule has 4 heteroatoms. The minimum absolute atomic E-state index is 0.112. The molecule has 0 spiro atoms. The highest BCUT2D eigenvalue weighted by molar-refractivity contribution is 5.86. The van der Waals surface area contributed by atoms with Crippen molar-refractivity contribution >= 4 is 11.9 Å². The first-order valence-corrected chi connectivity index (χ1v) is 5.28. The van der Waals surface area contributed by atoms with Crippen LogP contribution in [0.2, 0.25) is 0 Å². The number of carboxylic acids is 1. The maximum absolute atomic E-state index is 12.0. The molecule has 4 nitrogen and oxygen atoms in total. The quantitative estimate of drug-likeness (QED) is 0.760. The average molecular weight is 215 g/mol. The van der Waals surface area contributed by atoms with Gasteiger partial charge in [0.25, 0.3) is 0 Å². The number of rotatable bonds is 5. The largest absolute Gasteiger partial charge is 0.480 e. The van der Waals surface area contributed by atoms with E-state index in [1.54, 1.807) is 14.0 Å². The van der Waals surface area contributed by atoms with E-state index in [1.165, 1.54) is 4.90 Å². The van der Waals surface area contributed by atoms with Crippen LogP contribution in [0.5, 0.6) is 0 Å². The Morgan fingerprint density at radius 2 is 1.80 bits per heavy atom. The van der Waals surface area contributed by atoms with Crippen molar-refractivity contribution in [1.82, 2.24) is 4.90 Å². The Hall–Kier alpha value is -1.06. The van der Waals surface area contributed by atoms with Crippen molar-refractivity contribution in [2.45, 2.75) is 46.6 Å². The first kappa shape index (κ1) is 13.9. The van der Waals surface area contributed by atoms with Gasteiger partial charge in [-0.05, 0) is 12.8 Å². The molecule has 0 saturated heterocycles. The smallest absolute Gasteiger partial charge is 0.326 e. The summed E-state index contributed by atoms with van der Waals surface area (Å²) >= 11 is 0. The van der Waals surface area contributed by atoms with Gasteiger partial charge in [-0.15, -0.1) is 0 Å². The highest BCUT2D eigenvalue weighted by Gasteiger charge is 2.33. The van der Waals surface area contributed by atoms with Gasteiger partial charge in [0.2, 0.25) is 5.91 Å². The first-order chi connectivity index (χ1) is 6.77. The molecule has 0 rings (SSSR count). The number of hydrogen-bond donors (Lipinski definition) is 1. The molecular weight excluding hydrogens is 194 g/mol. The van der Waals surface area contributed by atoms with Crippen molar-refractivity contribution in [2.24, 2.45) is 5.41 Å². The monoisotopic (exact) mass is 215 g/mol. The van der Waals surface area contributed by atoms with Crippen molar-refractivity contribution in [3.63, 3.8) is 0 Å². The van der Waals surface area contributed by atoms with Gasteiger partial charge in [-0.25, -0.2) is 4.79 Å². The molecular formula is C11H21NO3. The van der Waals surface area contributed by atoms with E-state index in [1.807, 2.05) is 20.8 Å². The van der Waals surface area contributed by atoms with Crippen LogP contribution < -0.4 is 0 Å². The molecule has 1 atom stereocenters. The fourth-order valence-electron chi connectivity index (χ4n) is 1.38. The molecule has 15 heavy (non-hydrogen) atoms. The fourth-order valence-corrected chi connectivity index (χ4v) is 1.38. The summed E-state index contributed by atoms with van der Waals surface area (Å²) in [5.41, 5.74) is -0.488. The lowest BCUT2D eigenvalue weighted by Crippen LogP contribution is -2.47. The zero-order valence-electron chi connectivity index (χ0n) is 10.2. The van der Waals surface area contributed by atoms with Gasteiger partial charge in [0.1, 0.15) is 6.04 Å². The lowest BCUT2D eigenvalue weighted by atomic mass is 9.88. The van der Waals surface area contributed by atoms with Crippen molar-refractivity contribution in [1.29, 1.82) is 0 Å². The van der Waals surface area contributed by atoms with E-state index in [2.05, 4.69) is 0 Å². The van der Waals surface area contributed by atoms with Crippen LogP contribution in [0, 0.1) is 5.41 Å². The predicted molar refractivity (Wildman–Crippen MR) is 58.6 cm³/mol. The van der Waals surface area contributed by atoms with Crippen LogP contribution in [0.1, 0.15) is 40.5 Å². The molecule has 0 fully saturated rings. The molecule has 88 valence electrons. The Morgan fingerprint density at radius 1 is 1.33 bits per heavy atom. The number of carboxylic acid groups (broad SMARTS) is 1. The lowest BCUT2D eigenvalue weighted by molar-refractivity contribution is -0.153. The Kier molecular flexibility index (Phi) is 4.78. The number of likely N-dealkylation sites (N-methyl/N-ethyl adjacent to an activating group) is 1. The molecule has 0 heterocycles. The van der Waals surface area contributed by atoms with Gasteiger partial charge in [-0.1, -0.05) is 27.7 Å². The highest BCUT2D eigenvalue weighted by Crippen LogP contribution is 2.23. The summed E-state index contributed by atoms with van der Waals surface area (Å²) in [7, 11) is 1.56. The summed E-state index contributed by atoms with van der Waals surface area (Å²) in [4.78, 5) is 24.2. The second-order valence-corrected chi connectivity index (χ2v) is 4.42. The summed E-state index contributed by atoms with van der Waals surface area (Å²) < 4.78 is 0. The van der Waals surface area contributed by atoms with Crippen LogP contribution in [-0.2, 0) is 9.59 Å². The van der Waals surface area contributed by atoms with E-state index < -0.39 is 17.4 Å². The van der Waals surface area contributed by atoms with Gasteiger partial charge in [-0.3, -0.25) is 4.79 Å². The summed E-state index contributed by atoms with van der Waals surface area (Å²) in [6.07, 6.45) is 1.13. The molecule has 0 bridgehead atoms. The standard InChI is InChI=1S/C11H21NO3/c1-6-8(9(13)14)12(5)10(15)11(3,4)7-2/h8H,6-7H2,1-5H3,(H,13,14). The molecule has 0 saturated carbocycles. The zero-order chi connectivity index (χ0) is 12.2. The number of nitrogens with zero attached hydrogens (tertiary/aromatic N) is 1. The van der Waals surface area contributed by atoms with Gasteiger partial charge >= 0.3 is 5.97 Å². The summed E-state index contributed by atoms with van der Waals surface area (Å²) in [6, 6.07) is -0.719. The number of amides is 1. The van der Waals surface area contributed by atoms with Crippen molar-refractivity contribution in [3.05, 3.63) is 0 Å². The van der Waals surface area contributed by atoms with Crippen molar-refractivity contribution in [2.75, 3.05) is 7.05 Å². The van der Waals surface area contributed by atoms with Crippen LogP contribution in [0.25, 0.3) is 0 Å². The van der Waals surface area contributed by atoms with Crippen LogP contribution in [0.4, 0.5) is 0 Å². The Morgan fingerprint density at radius 3 is 2.07 bits per heavy atom. The van der Waals surface area contributed by atoms with Crippen molar-refractivity contribution in [3.8, 4) is 0 Å². The molecule has 1 unspecified atom stereocenters. The molecule has 0 aromatic carbocycles. The molecule has 0 aliphatic carbocycles. The maximum atomic E-state index is 12.0. The third-order valence-corrected chi connectivity index (χ3v) is 2.92. The van der Waals surface area contributed by atoms with E-state index >= 15 is 0 Å². The molecule has 1 N–H and O–H groups in total. The van der Waals surface area contributed by atoms with Crippen LogP contribution in [0.15, 0.2) is 0 Å². The lowest BCUT2D eigenvalue weighted by Gasteiger charge is -2.31. The van der Waals surface area contributed by atoms with Crippen LogP contribution in [0.3, 0.4) is 0 Å². The third kappa shape index (κ3) is 3.22. The molecule has 0 aromatic rings. The Bertz CT molecular complexity index is 248.